The Hall–Kier alpha value is -4.01. The van der Waals surface area contributed by atoms with Crippen LogP contribution < -0.4 is 10.2 Å². The van der Waals surface area contributed by atoms with Gasteiger partial charge in [0.25, 0.3) is 0 Å². The van der Waals surface area contributed by atoms with E-state index in [4.69, 9.17) is 4.74 Å². The number of benzene rings is 2. The smallest absolute Gasteiger partial charge is 0.338 e. The largest absolute Gasteiger partial charge is 0.463 e. The van der Waals surface area contributed by atoms with Gasteiger partial charge in [-0.15, -0.1) is 0 Å². The average Bonchev–Trinajstić information content (AvgIpc) is 3.30. The molecule has 0 unspecified atom stereocenters. The highest BCUT2D eigenvalue weighted by molar-refractivity contribution is 5.93. The number of halogens is 1. The molecule has 1 amide bonds. The van der Waals surface area contributed by atoms with Crippen LogP contribution in [0.1, 0.15) is 36.6 Å². The van der Waals surface area contributed by atoms with Gasteiger partial charge in [-0.1, -0.05) is 48.0 Å². The Labute approximate surface area is 197 Å². The van der Waals surface area contributed by atoms with Gasteiger partial charge in [0, 0.05) is 17.8 Å². The first-order valence-corrected chi connectivity index (χ1v) is 11.0. The first-order valence-electron chi connectivity index (χ1n) is 11.0. The van der Waals surface area contributed by atoms with E-state index in [1.807, 2.05) is 31.2 Å². The molecule has 1 aliphatic heterocycles. The molecule has 2 heterocycles. The molecule has 34 heavy (non-hydrogen) atoms. The van der Waals surface area contributed by atoms with Crippen molar-refractivity contribution in [2.75, 3.05) is 18.1 Å². The van der Waals surface area contributed by atoms with Crippen LogP contribution >= 0.6 is 0 Å². The van der Waals surface area contributed by atoms with E-state index in [1.165, 1.54) is 12.4 Å². The van der Waals surface area contributed by atoms with Crippen molar-refractivity contribution < 1.29 is 18.7 Å². The summed E-state index contributed by atoms with van der Waals surface area (Å²) in [6.45, 7) is 5.63. The third-order valence-corrected chi connectivity index (χ3v) is 5.73. The molecule has 176 valence electrons. The number of aromatic nitrogens is 3. The molecule has 1 aliphatic rings. The Bertz CT molecular complexity index is 1240. The summed E-state index contributed by atoms with van der Waals surface area (Å²) in [7, 11) is 0. The zero-order valence-corrected chi connectivity index (χ0v) is 19.3. The number of aryl methyl sites for hydroxylation is 1. The standard InChI is InChI=1S/C25H26FN5O3/c1-4-34-24(33)22-17(3)30(14-21(32)27-13-19-7-5-6-8-20(19)26)25-28-15-29-31(25)23(22)18-11-9-16(2)10-12-18/h5-12,15,23H,4,13-14H2,1-3H3,(H,27,32)/t23-/m1/s1. The molecule has 4 rings (SSSR count). The molecule has 1 N–H and O–H groups in total. The zero-order chi connectivity index (χ0) is 24.2. The van der Waals surface area contributed by atoms with Crippen LogP contribution in [0.15, 0.2) is 66.1 Å². The average molecular weight is 464 g/mol. The third-order valence-electron chi connectivity index (χ3n) is 5.73. The van der Waals surface area contributed by atoms with Crippen LogP contribution in [0.4, 0.5) is 10.3 Å². The molecule has 0 spiro atoms. The van der Waals surface area contributed by atoms with Gasteiger partial charge in [-0.25, -0.2) is 13.9 Å². The van der Waals surface area contributed by atoms with Crippen LogP contribution in [-0.4, -0.2) is 39.8 Å². The fraction of sp³-hybridized carbons (Fsp3) is 0.280. The first-order chi connectivity index (χ1) is 16.4. The Morgan fingerprint density at radius 1 is 1.12 bits per heavy atom. The van der Waals surface area contributed by atoms with Gasteiger partial charge >= 0.3 is 5.97 Å². The lowest BCUT2D eigenvalue weighted by Crippen LogP contribution is -2.42. The third kappa shape index (κ3) is 4.54. The summed E-state index contributed by atoms with van der Waals surface area (Å²) < 4.78 is 20.9. The molecular formula is C25H26FN5O3. The van der Waals surface area contributed by atoms with Crippen LogP contribution in [0, 0.1) is 12.7 Å². The number of nitrogens with one attached hydrogen (secondary N) is 1. The van der Waals surface area contributed by atoms with Crippen molar-refractivity contribution in [3.8, 4) is 0 Å². The number of hydrogen-bond acceptors (Lipinski definition) is 6. The zero-order valence-electron chi connectivity index (χ0n) is 19.3. The van der Waals surface area contributed by atoms with E-state index in [1.54, 1.807) is 41.6 Å². The lowest BCUT2D eigenvalue weighted by atomic mass is 9.94. The second-order valence-electron chi connectivity index (χ2n) is 7.99. The predicted molar refractivity (Wildman–Crippen MR) is 124 cm³/mol. The molecule has 1 aromatic heterocycles. The van der Waals surface area contributed by atoms with Crippen molar-refractivity contribution in [3.63, 3.8) is 0 Å². The van der Waals surface area contributed by atoms with E-state index in [0.717, 1.165) is 11.1 Å². The fourth-order valence-electron chi connectivity index (χ4n) is 3.98. The van der Waals surface area contributed by atoms with Crippen molar-refractivity contribution in [2.24, 2.45) is 0 Å². The van der Waals surface area contributed by atoms with Gasteiger partial charge in [0.1, 0.15) is 24.7 Å². The quantitative estimate of drug-likeness (QED) is 0.541. The van der Waals surface area contributed by atoms with E-state index in [0.29, 0.717) is 22.8 Å². The lowest BCUT2D eigenvalue weighted by molar-refractivity contribution is -0.139. The van der Waals surface area contributed by atoms with Crippen LogP contribution in [0.3, 0.4) is 0 Å². The normalized spacial score (nSPS) is 15.2. The van der Waals surface area contributed by atoms with Gasteiger partial charge in [-0.2, -0.15) is 10.1 Å². The molecule has 2 aromatic carbocycles. The first kappa shape index (κ1) is 23.2. The summed E-state index contributed by atoms with van der Waals surface area (Å²) >= 11 is 0. The van der Waals surface area contributed by atoms with E-state index in [2.05, 4.69) is 15.4 Å². The topological polar surface area (TPSA) is 89.3 Å². The molecule has 8 nitrogen and oxygen atoms in total. The number of amides is 1. The Morgan fingerprint density at radius 3 is 2.56 bits per heavy atom. The molecular weight excluding hydrogens is 437 g/mol. The second-order valence-corrected chi connectivity index (χ2v) is 7.99. The van der Waals surface area contributed by atoms with Crippen molar-refractivity contribution in [2.45, 2.75) is 33.4 Å². The number of carbonyl (C=O) groups is 2. The monoisotopic (exact) mass is 463 g/mol. The maximum Gasteiger partial charge on any atom is 0.338 e. The summed E-state index contributed by atoms with van der Waals surface area (Å²) in [5.41, 5.74) is 3.25. The van der Waals surface area contributed by atoms with Gasteiger partial charge in [-0.05, 0) is 32.4 Å². The van der Waals surface area contributed by atoms with Gasteiger partial charge in [0.2, 0.25) is 11.9 Å². The molecule has 0 aliphatic carbocycles. The number of ether oxygens (including phenoxy) is 1. The van der Waals surface area contributed by atoms with Gasteiger partial charge in [0.15, 0.2) is 0 Å². The molecule has 1 atom stereocenters. The number of allylic oxidation sites excluding steroid dienone is 1. The van der Waals surface area contributed by atoms with Crippen molar-refractivity contribution >= 4 is 17.8 Å². The summed E-state index contributed by atoms with van der Waals surface area (Å²) in [6, 6.07) is 13.5. The van der Waals surface area contributed by atoms with Crippen LogP contribution in [0.5, 0.6) is 0 Å². The molecule has 9 heteroatoms. The molecule has 0 saturated heterocycles. The molecule has 0 bridgehead atoms. The minimum atomic E-state index is -0.546. The highest BCUT2D eigenvalue weighted by Crippen LogP contribution is 2.38. The Kier molecular flexibility index (Phi) is 6.72. The number of hydrogen-bond donors (Lipinski definition) is 1. The molecule has 3 aromatic rings. The number of fused-ring (bicyclic) bond motifs is 1. The number of rotatable bonds is 7. The molecule has 0 radical (unpaired) electrons. The van der Waals surface area contributed by atoms with Crippen LogP contribution in [0.25, 0.3) is 0 Å². The minimum absolute atomic E-state index is 0.0471. The van der Waals surface area contributed by atoms with E-state index >= 15 is 0 Å². The number of carbonyl (C=O) groups excluding carboxylic acids is 2. The van der Waals surface area contributed by atoms with E-state index in [-0.39, 0.29) is 31.4 Å². The highest BCUT2D eigenvalue weighted by atomic mass is 19.1. The summed E-state index contributed by atoms with van der Waals surface area (Å²) in [5.74, 6) is -0.795. The summed E-state index contributed by atoms with van der Waals surface area (Å²) in [5, 5.41) is 7.10. The summed E-state index contributed by atoms with van der Waals surface area (Å²) in [6.07, 6.45) is 1.39. The van der Waals surface area contributed by atoms with Gasteiger partial charge in [0.05, 0.1) is 12.2 Å². The highest BCUT2D eigenvalue weighted by Gasteiger charge is 2.38. The number of anilines is 1. The van der Waals surface area contributed by atoms with Crippen molar-refractivity contribution in [3.05, 3.63) is 88.6 Å². The second kappa shape index (κ2) is 9.86. The summed E-state index contributed by atoms with van der Waals surface area (Å²) in [4.78, 5) is 31.8. The maximum absolute atomic E-state index is 13.9. The van der Waals surface area contributed by atoms with Gasteiger partial charge in [-0.3, -0.25) is 4.79 Å². The fourth-order valence-corrected chi connectivity index (χ4v) is 3.98. The van der Waals surface area contributed by atoms with Gasteiger partial charge < -0.3 is 15.0 Å². The predicted octanol–water partition coefficient (Wildman–Crippen LogP) is 3.29. The SMILES string of the molecule is CCOC(=O)C1=C(C)N(CC(=O)NCc2ccccc2F)c2ncnn2[C@@H]1c1ccc(C)cc1. The van der Waals surface area contributed by atoms with E-state index < -0.39 is 12.0 Å². The van der Waals surface area contributed by atoms with Crippen LogP contribution in [0.2, 0.25) is 0 Å². The lowest BCUT2D eigenvalue weighted by Gasteiger charge is -2.35. The van der Waals surface area contributed by atoms with E-state index in [9.17, 15) is 14.0 Å². The number of esters is 1. The van der Waals surface area contributed by atoms with Crippen molar-refractivity contribution in [1.29, 1.82) is 0 Å². The molecule has 0 fully saturated rings. The minimum Gasteiger partial charge on any atom is -0.463 e. The molecule has 0 saturated carbocycles. The maximum atomic E-state index is 13.9. The van der Waals surface area contributed by atoms with Crippen LogP contribution in [-0.2, 0) is 20.9 Å². The van der Waals surface area contributed by atoms with Crippen molar-refractivity contribution in [1.82, 2.24) is 20.1 Å². The Balaban J connectivity index is 1.66. The Morgan fingerprint density at radius 2 is 1.85 bits per heavy atom. The number of nitrogens with zero attached hydrogens (tertiary/aromatic N) is 4.